The predicted molar refractivity (Wildman–Crippen MR) is 127 cm³/mol. The van der Waals surface area contributed by atoms with Crippen molar-refractivity contribution in [2.75, 3.05) is 18.8 Å². The van der Waals surface area contributed by atoms with Crippen molar-refractivity contribution in [2.45, 2.75) is 17.0 Å². The second-order valence-corrected chi connectivity index (χ2v) is 10.7. The average Bonchev–Trinajstić information content (AvgIpc) is 2.75. The normalized spacial score (nSPS) is 14.8. The van der Waals surface area contributed by atoms with Gasteiger partial charge in [-0.3, -0.25) is 9.69 Å². The van der Waals surface area contributed by atoms with Crippen LogP contribution in [0.3, 0.4) is 0 Å². The average molecular weight is 489 g/mol. The number of rotatable bonds is 7. The van der Waals surface area contributed by atoms with Crippen LogP contribution in [0, 0.1) is 0 Å². The van der Waals surface area contributed by atoms with Crippen LogP contribution in [-0.2, 0) is 14.6 Å². The molecule has 0 unspecified atom stereocenters. The van der Waals surface area contributed by atoms with E-state index in [1.165, 1.54) is 12.1 Å². The number of likely N-dealkylation sites (tertiary alicyclic amines) is 1. The zero-order valence-electron chi connectivity index (χ0n) is 17.1. The first-order valence-corrected chi connectivity index (χ1v) is 12.5. The van der Waals surface area contributed by atoms with Gasteiger partial charge in [-0.05, 0) is 47.5 Å². The minimum atomic E-state index is -3.66. The number of carbonyl (C=O) groups excluding carboxylic acids is 1. The largest absolute Gasteiger partial charge is 0.350 e. The molecule has 3 aromatic carbocycles. The van der Waals surface area contributed by atoms with Gasteiger partial charge in [0.2, 0.25) is 5.91 Å². The van der Waals surface area contributed by atoms with Crippen LogP contribution in [0.2, 0.25) is 10.0 Å². The second kappa shape index (κ2) is 9.63. The Morgan fingerprint density at radius 1 is 0.875 bits per heavy atom. The van der Waals surface area contributed by atoms with Crippen molar-refractivity contribution in [1.29, 1.82) is 0 Å². The van der Waals surface area contributed by atoms with Crippen LogP contribution in [0.5, 0.6) is 0 Å². The van der Waals surface area contributed by atoms with Gasteiger partial charge in [0.25, 0.3) is 0 Å². The van der Waals surface area contributed by atoms with E-state index in [1.807, 2.05) is 48.5 Å². The van der Waals surface area contributed by atoms with Crippen molar-refractivity contribution in [3.8, 4) is 0 Å². The summed E-state index contributed by atoms with van der Waals surface area (Å²) in [7, 11) is -3.66. The van der Waals surface area contributed by atoms with E-state index in [1.54, 1.807) is 18.2 Å². The fourth-order valence-electron chi connectivity index (χ4n) is 3.87. The molecule has 0 aliphatic carbocycles. The Morgan fingerprint density at radius 3 is 1.88 bits per heavy atom. The fraction of sp³-hybridized carbons (Fsp3) is 0.208. The number of hydrogen-bond donors (Lipinski definition) is 1. The van der Waals surface area contributed by atoms with E-state index >= 15 is 0 Å². The molecular formula is C24H22Cl2N2O3S. The first-order chi connectivity index (χ1) is 15.3. The van der Waals surface area contributed by atoms with Gasteiger partial charge in [0.05, 0.1) is 17.0 Å². The van der Waals surface area contributed by atoms with E-state index in [0.29, 0.717) is 23.1 Å². The molecule has 32 heavy (non-hydrogen) atoms. The molecule has 1 saturated heterocycles. The number of carbonyl (C=O) groups is 1. The summed E-state index contributed by atoms with van der Waals surface area (Å²) in [5, 5.41) is 4.17. The monoisotopic (exact) mass is 488 g/mol. The third-order valence-corrected chi connectivity index (χ3v) is 7.57. The molecule has 0 radical (unpaired) electrons. The quantitative estimate of drug-likeness (QED) is 0.536. The number of amides is 1. The Hall–Kier alpha value is -2.38. The first kappa shape index (κ1) is 22.8. The lowest BCUT2D eigenvalue weighted by Gasteiger charge is -2.45. The SMILES string of the molecule is O=C(CS(=O)(=O)c1ccccc1)NC1CN(C(c2ccc(Cl)cc2)c2ccc(Cl)cc2)C1. The Labute approximate surface area is 197 Å². The van der Waals surface area contributed by atoms with E-state index in [4.69, 9.17) is 23.2 Å². The molecule has 0 saturated carbocycles. The van der Waals surface area contributed by atoms with Gasteiger partial charge in [0.15, 0.2) is 9.84 Å². The summed E-state index contributed by atoms with van der Waals surface area (Å²) >= 11 is 12.1. The number of benzene rings is 3. The van der Waals surface area contributed by atoms with Crippen molar-refractivity contribution in [2.24, 2.45) is 0 Å². The maximum atomic E-state index is 12.4. The lowest BCUT2D eigenvalue weighted by Crippen LogP contribution is -2.60. The fourth-order valence-corrected chi connectivity index (χ4v) is 5.29. The zero-order valence-corrected chi connectivity index (χ0v) is 19.4. The van der Waals surface area contributed by atoms with Crippen LogP contribution in [0.25, 0.3) is 0 Å². The lowest BCUT2D eigenvalue weighted by atomic mass is 9.93. The molecule has 1 aliphatic heterocycles. The molecule has 3 aromatic rings. The van der Waals surface area contributed by atoms with Gasteiger partial charge >= 0.3 is 0 Å². The molecule has 1 aliphatic rings. The van der Waals surface area contributed by atoms with Crippen LogP contribution in [0.4, 0.5) is 0 Å². The van der Waals surface area contributed by atoms with Crippen LogP contribution < -0.4 is 5.32 Å². The Bertz CT molecular complexity index is 1130. The molecule has 5 nitrogen and oxygen atoms in total. The van der Waals surface area contributed by atoms with E-state index in [2.05, 4.69) is 10.2 Å². The van der Waals surface area contributed by atoms with Crippen LogP contribution in [0.1, 0.15) is 17.2 Å². The third kappa shape index (κ3) is 5.33. The number of nitrogens with one attached hydrogen (secondary N) is 1. The molecule has 4 rings (SSSR count). The number of sulfone groups is 1. The van der Waals surface area contributed by atoms with Crippen molar-refractivity contribution < 1.29 is 13.2 Å². The molecule has 0 atom stereocenters. The maximum absolute atomic E-state index is 12.4. The standard InChI is InChI=1S/C24H22Cl2N2O3S/c25-19-10-6-17(7-11-19)24(18-8-12-20(26)13-9-18)28-14-21(15-28)27-23(29)16-32(30,31)22-4-2-1-3-5-22/h1-13,21,24H,14-16H2,(H,27,29). The summed E-state index contributed by atoms with van der Waals surface area (Å²) in [6, 6.07) is 23.2. The molecule has 1 fully saturated rings. The highest BCUT2D eigenvalue weighted by molar-refractivity contribution is 7.92. The predicted octanol–water partition coefficient (Wildman–Crippen LogP) is 4.36. The summed E-state index contributed by atoms with van der Waals surface area (Å²) in [5.41, 5.74) is 2.15. The molecular weight excluding hydrogens is 467 g/mol. The van der Waals surface area contributed by atoms with E-state index in [0.717, 1.165) is 11.1 Å². The summed E-state index contributed by atoms with van der Waals surface area (Å²) in [6.07, 6.45) is 0. The van der Waals surface area contributed by atoms with Crippen molar-refractivity contribution >= 4 is 38.9 Å². The van der Waals surface area contributed by atoms with Crippen molar-refractivity contribution in [1.82, 2.24) is 10.2 Å². The third-order valence-electron chi connectivity index (χ3n) is 5.43. The number of hydrogen-bond acceptors (Lipinski definition) is 4. The van der Waals surface area contributed by atoms with Gasteiger partial charge in [-0.2, -0.15) is 0 Å². The Morgan fingerprint density at radius 2 is 1.38 bits per heavy atom. The molecule has 0 aromatic heterocycles. The summed E-state index contributed by atoms with van der Waals surface area (Å²) in [4.78, 5) is 14.8. The molecule has 1 N–H and O–H groups in total. The van der Waals surface area contributed by atoms with Gasteiger partial charge in [-0.1, -0.05) is 65.7 Å². The molecule has 1 heterocycles. The molecule has 0 spiro atoms. The van der Waals surface area contributed by atoms with Gasteiger partial charge in [-0.25, -0.2) is 8.42 Å². The topological polar surface area (TPSA) is 66.5 Å². The van der Waals surface area contributed by atoms with E-state index in [-0.39, 0.29) is 17.0 Å². The first-order valence-electron chi connectivity index (χ1n) is 10.1. The molecule has 8 heteroatoms. The van der Waals surface area contributed by atoms with Crippen molar-refractivity contribution in [3.05, 3.63) is 100 Å². The Kier molecular flexibility index (Phi) is 6.86. The summed E-state index contributed by atoms with van der Waals surface area (Å²) in [6.45, 7) is 1.21. The Balaban J connectivity index is 1.42. The zero-order chi connectivity index (χ0) is 22.7. The maximum Gasteiger partial charge on any atom is 0.235 e. The highest BCUT2D eigenvalue weighted by Crippen LogP contribution is 2.33. The van der Waals surface area contributed by atoms with Gasteiger partial charge in [-0.15, -0.1) is 0 Å². The van der Waals surface area contributed by atoms with Crippen LogP contribution in [0.15, 0.2) is 83.8 Å². The van der Waals surface area contributed by atoms with Gasteiger partial charge in [0.1, 0.15) is 5.75 Å². The highest BCUT2D eigenvalue weighted by Gasteiger charge is 2.35. The van der Waals surface area contributed by atoms with Gasteiger partial charge < -0.3 is 5.32 Å². The number of nitrogens with zero attached hydrogens (tertiary/aromatic N) is 1. The van der Waals surface area contributed by atoms with E-state index in [9.17, 15) is 13.2 Å². The van der Waals surface area contributed by atoms with Crippen molar-refractivity contribution in [3.63, 3.8) is 0 Å². The van der Waals surface area contributed by atoms with Gasteiger partial charge in [0, 0.05) is 23.1 Å². The molecule has 0 bridgehead atoms. The van der Waals surface area contributed by atoms with Crippen LogP contribution in [-0.4, -0.2) is 44.1 Å². The second-order valence-electron chi connectivity index (χ2n) is 7.80. The highest BCUT2D eigenvalue weighted by atomic mass is 35.5. The molecule has 1 amide bonds. The summed E-state index contributed by atoms with van der Waals surface area (Å²) in [5.74, 6) is -1.06. The summed E-state index contributed by atoms with van der Waals surface area (Å²) < 4.78 is 24.9. The molecule has 166 valence electrons. The van der Waals surface area contributed by atoms with Crippen LogP contribution >= 0.6 is 23.2 Å². The van der Waals surface area contributed by atoms with E-state index < -0.39 is 21.5 Å². The number of halogens is 2. The lowest BCUT2D eigenvalue weighted by molar-refractivity contribution is -0.120. The smallest absolute Gasteiger partial charge is 0.235 e. The minimum absolute atomic E-state index is 0.0225. The minimum Gasteiger partial charge on any atom is -0.350 e.